The molecule has 0 aliphatic heterocycles. The zero-order valence-electron chi connectivity index (χ0n) is 10.4. The predicted octanol–water partition coefficient (Wildman–Crippen LogP) is 1.75. The molecule has 1 aromatic carbocycles. The summed E-state index contributed by atoms with van der Waals surface area (Å²) in [6, 6.07) is 3.42. The summed E-state index contributed by atoms with van der Waals surface area (Å²) in [5.41, 5.74) is 5.92. The van der Waals surface area contributed by atoms with E-state index in [9.17, 15) is 13.6 Å². The minimum absolute atomic E-state index is 0.00899. The van der Waals surface area contributed by atoms with Gasteiger partial charge in [-0.05, 0) is 31.4 Å². The third-order valence-corrected chi connectivity index (χ3v) is 2.56. The van der Waals surface area contributed by atoms with Crippen LogP contribution in [0.5, 0.6) is 0 Å². The summed E-state index contributed by atoms with van der Waals surface area (Å²) in [5.74, 6) is -1.29. The van der Waals surface area contributed by atoms with E-state index in [4.69, 9.17) is 5.73 Å². The highest BCUT2D eigenvalue weighted by molar-refractivity contribution is 5.75. The summed E-state index contributed by atoms with van der Waals surface area (Å²) in [7, 11) is 0. The Labute approximate surface area is 105 Å². The van der Waals surface area contributed by atoms with Crippen molar-refractivity contribution in [3.8, 4) is 0 Å². The highest BCUT2D eigenvalue weighted by Gasteiger charge is 2.06. The summed E-state index contributed by atoms with van der Waals surface area (Å²) in [6.45, 7) is 2.17. The van der Waals surface area contributed by atoms with E-state index in [1.807, 2.05) is 6.92 Å². The molecule has 1 amide bonds. The smallest absolute Gasteiger partial charge is 0.220 e. The Morgan fingerprint density at radius 2 is 2.17 bits per heavy atom. The lowest BCUT2D eigenvalue weighted by molar-refractivity contribution is -0.121. The van der Waals surface area contributed by atoms with E-state index in [-0.39, 0.29) is 11.9 Å². The predicted molar refractivity (Wildman–Crippen MR) is 66.0 cm³/mol. The van der Waals surface area contributed by atoms with E-state index in [0.717, 1.165) is 6.07 Å². The molecule has 0 spiro atoms. The molecule has 1 rings (SSSR count). The second kappa shape index (κ2) is 7.06. The number of benzene rings is 1. The van der Waals surface area contributed by atoms with E-state index in [2.05, 4.69) is 5.32 Å². The van der Waals surface area contributed by atoms with Crippen molar-refractivity contribution in [2.24, 2.45) is 5.73 Å². The van der Waals surface area contributed by atoms with Crippen molar-refractivity contribution in [3.63, 3.8) is 0 Å². The standard InChI is InChI=1S/C13H18F2N2O/c1-9(16)2-5-13(18)17-7-6-10-3-4-11(14)8-12(10)15/h3-4,8-9H,2,5-7,16H2,1H3,(H,17,18). The van der Waals surface area contributed by atoms with E-state index < -0.39 is 11.6 Å². The molecule has 0 radical (unpaired) electrons. The summed E-state index contributed by atoms with van der Waals surface area (Å²) >= 11 is 0. The molecule has 1 aromatic rings. The van der Waals surface area contributed by atoms with Gasteiger partial charge in [-0.2, -0.15) is 0 Å². The fourth-order valence-corrected chi connectivity index (χ4v) is 1.51. The maximum atomic E-state index is 13.3. The summed E-state index contributed by atoms with van der Waals surface area (Å²) in [4.78, 5) is 11.4. The first-order chi connectivity index (χ1) is 8.49. The number of carbonyl (C=O) groups excluding carboxylic acids is 1. The van der Waals surface area contributed by atoms with Crippen molar-refractivity contribution in [2.75, 3.05) is 6.54 Å². The molecule has 5 heteroatoms. The van der Waals surface area contributed by atoms with Crippen LogP contribution in [0, 0.1) is 11.6 Å². The Hall–Kier alpha value is -1.49. The Morgan fingerprint density at radius 1 is 1.44 bits per heavy atom. The molecule has 0 saturated carbocycles. The van der Waals surface area contributed by atoms with E-state index in [0.29, 0.717) is 31.4 Å². The molecular weight excluding hydrogens is 238 g/mol. The third kappa shape index (κ3) is 5.23. The van der Waals surface area contributed by atoms with Crippen LogP contribution in [0.15, 0.2) is 18.2 Å². The van der Waals surface area contributed by atoms with Gasteiger partial charge in [-0.1, -0.05) is 6.07 Å². The molecule has 0 heterocycles. The van der Waals surface area contributed by atoms with Crippen LogP contribution >= 0.6 is 0 Å². The van der Waals surface area contributed by atoms with Crippen LogP contribution in [0.4, 0.5) is 8.78 Å². The molecule has 0 aliphatic rings. The average Bonchev–Trinajstić information content (AvgIpc) is 2.29. The third-order valence-electron chi connectivity index (χ3n) is 2.56. The van der Waals surface area contributed by atoms with E-state index in [1.54, 1.807) is 0 Å². The fourth-order valence-electron chi connectivity index (χ4n) is 1.51. The molecule has 100 valence electrons. The van der Waals surface area contributed by atoms with Crippen LogP contribution in [0.1, 0.15) is 25.3 Å². The number of hydrogen-bond donors (Lipinski definition) is 2. The van der Waals surface area contributed by atoms with Gasteiger partial charge < -0.3 is 11.1 Å². The number of carbonyl (C=O) groups is 1. The first-order valence-electron chi connectivity index (χ1n) is 5.95. The van der Waals surface area contributed by atoms with E-state index >= 15 is 0 Å². The Balaban J connectivity index is 2.31. The van der Waals surface area contributed by atoms with Crippen LogP contribution in [0.2, 0.25) is 0 Å². The highest BCUT2D eigenvalue weighted by Crippen LogP contribution is 2.09. The number of halogens is 2. The van der Waals surface area contributed by atoms with Gasteiger partial charge in [0.2, 0.25) is 5.91 Å². The molecule has 0 aliphatic carbocycles. The second-order valence-electron chi connectivity index (χ2n) is 4.35. The zero-order valence-corrected chi connectivity index (χ0v) is 10.4. The van der Waals surface area contributed by atoms with Gasteiger partial charge in [-0.25, -0.2) is 8.78 Å². The largest absolute Gasteiger partial charge is 0.356 e. The van der Waals surface area contributed by atoms with Crippen molar-refractivity contribution in [1.82, 2.24) is 5.32 Å². The van der Waals surface area contributed by atoms with Crippen molar-refractivity contribution in [2.45, 2.75) is 32.2 Å². The van der Waals surface area contributed by atoms with Gasteiger partial charge in [0.1, 0.15) is 11.6 Å². The summed E-state index contributed by atoms with van der Waals surface area (Å²) in [6.07, 6.45) is 1.33. The maximum absolute atomic E-state index is 13.3. The molecule has 0 saturated heterocycles. The first kappa shape index (κ1) is 14.6. The molecule has 3 nitrogen and oxygen atoms in total. The highest BCUT2D eigenvalue weighted by atomic mass is 19.1. The van der Waals surface area contributed by atoms with Gasteiger partial charge >= 0.3 is 0 Å². The Kier molecular flexibility index (Phi) is 5.71. The SMILES string of the molecule is CC(N)CCC(=O)NCCc1ccc(F)cc1F. The van der Waals surface area contributed by atoms with Crippen molar-refractivity contribution < 1.29 is 13.6 Å². The average molecular weight is 256 g/mol. The molecule has 0 fully saturated rings. The van der Waals surface area contributed by atoms with Crippen molar-refractivity contribution in [1.29, 1.82) is 0 Å². The van der Waals surface area contributed by atoms with Gasteiger partial charge in [0.25, 0.3) is 0 Å². The van der Waals surface area contributed by atoms with Gasteiger partial charge in [0.15, 0.2) is 0 Å². The van der Waals surface area contributed by atoms with Gasteiger partial charge in [-0.3, -0.25) is 4.79 Å². The number of nitrogens with one attached hydrogen (secondary N) is 1. The molecular formula is C13H18F2N2O. The van der Waals surface area contributed by atoms with Crippen LogP contribution in [0.3, 0.4) is 0 Å². The fraction of sp³-hybridized carbons (Fsp3) is 0.462. The van der Waals surface area contributed by atoms with Crippen LogP contribution in [0.25, 0.3) is 0 Å². The quantitative estimate of drug-likeness (QED) is 0.814. The van der Waals surface area contributed by atoms with Crippen LogP contribution in [-0.4, -0.2) is 18.5 Å². The normalized spacial score (nSPS) is 12.2. The Bertz CT molecular complexity index is 408. The molecule has 18 heavy (non-hydrogen) atoms. The van der Waals surface area contributed by atoms with Crippen LogP contribution < -0.4 is 11.1 Å². The first-order valence-corrected chi connectivity index (χ1v) is 5.95. The number of nitrogens with two attached hydrogens (primary N) is 1. The molecule has 3 N–H and O–H groups in total. The Morgan fingerprint density at radius 3 is 2.78 bits per heavy atom. The lowest BCUT2D eigenvalue weighted by Gasteiger charge is -2.07. The monoisotopic (exact) mass is 256 g/mol. The summed E-state index contributed by atoms with van der Waals surface area (Å²) in [5, 5.41) is 2.67. The van der Waals surface area contributed by atoms with Crippen molar-refractivity contribution in [3.05, 3.63) is 35.4 Å². The van der Waals surface area contributed by atoms with Gasteiger partial charge in [-0.15, -0.1) is 0 Å². The molecule has 1 atom stereocenters. The van der Waals surface area contributed by atoms with E-state index in [1.165, 1.54) is 12.1 Å². The lowest BCUT2D eigenvalue weighted by atomic mass is 10.1. The molecule has 0 bridgehead atoms. The second-order valence-corrected chi connectivity index (χ2v) is 4.35. The number of rotatable bonds is 6. The van der Waals surface area contributed by atoms with Gasteiger partial charge in [0, 0.05) is 25.1 Å². The molecule has 1 unspecified atom stereocenters. The van der Waals surface area contributed by atoms with Gasteiger partial charge in [0.05, 0.1) is 0 Å². The number of hydrogen-bond acceptors (Lipinski definition) is 2. The molecule has 0 aromatic heterocycles. The zero-order chi connectivity index (χ0) is 13.5. The minimum atomic E-state index is -0.600. The number of amides is 1. The maximum Gasteiger partial charge on any atom is 0.220 e. The minimum Gasteiger partial charge on any atom is -0.356 e. The lowest BCUT2D eigenvalue weighted by Crippen LogP contribution is -2.27. The van der Waals surface area contributed by atoms with Crippen molar-refractivity contribution >= 4 is 5.91 Å². The topological polar surface area (TPSA) is 55.1 Å². The van der Waals surface area contributed by atoms with Crippen LogP contribution in [-0.2, 0) is 11.2 Å². The summed E-state index contributed by atoms with van der Waals surface area (Å²) < 4.78 is 25.9.